The molecule has 1 amide bonds. The van der Waals surface area contributed by atoms with Crippen molar-refractivity contribution < 1.29 is 18.0 Å². The van der Waals surface area contributed by atoms with E-state index in [1.54, 1.807) is 15.8 Å². The van der Waals surface area contributed by atoms with Gasteiger partial charge in [-0.2, -0.15) is 18.3 Å². The summed E-state index contributed by atoms with van der Waals surface area (Å²) in [5.74, 6) is 0.287. The van der Waals surface area contributed by atoms with Crippen molar-refractivity contribution in [2.45, 2.75) is 33.5 Å². The lowest BCUT2D eigenvalue weighted by Gasteiger charge is -2.30. The molecule has 0 saturated heterocycles. The second-order valence-corrected chi connectivity index (χ2v) is 8.10. The van der Waals surface area contributed by atoms with Gasteiger partial charge in [-0.1, -0.05) is 0 Å². The van der Waals surface area contributed by atoms with Gasteiger partial charge in [0.2, 0.25) is 0 Å². The average Bonchev–Trinajstić information content (AvgIpc) is 3.16. The number of alkyl halides is 3. The van der Waals surface area contributed by atoms with Gasteiger partial charge in [0.25, 0.3) is 5.91 Å². The minimum absolute atomic E-state index is 0.0745. The van der Waals surface area contributed by atoms with E-state index in [0.29, 0.717) is 30.1 Å². The van der Waals surface area contributed by atoms with Crippen LogP contribution < -0.4 is 4.90 Å². The quantitative estimate of drug-likeness (QED) is 0.448. The maximum atomic E-state index is 13.1. The number of rotatable bonds is 2. The summed E-state index contributed by atoms with van der Waals surface area (Å²) in [4.78, 5) is 27.2. The van der Waals surface area contributed by atoms with Crippen molar-refractivity contribution in [1.82, 2.24) is 24.7 Å². The Morgan fingerprint density at radius 2 is 1.70 bits per heavy atom. The molecule has 0 spiro atoms. The lowest BCUT2D eigenvalue weighted by Crippen LogP contribution is -2.41. The Balaban J connectivity index is 1.52. The van der Waals surface area contributed by atoms with Crippen LogP contribution in [0.3, 0.4) is 0 Å². The van der Waals surface area contributed by atoms with Crippen molar-refractivity contribution in [2.75, 3.05) is 11.4 Å². The smallest absolute Gasteiger partial charge is 0.305 e. The van der Waals surface area contributed by atoms with E-state index in [-0.39, 0.29) is 11.4 Å². The number of aryl methyl sites for hydroxylation is 3. The van der Waals surface area contributed by atoms with Gasteiger partial charge in [-0.05, 0) is 56.2 Å². The van der Waals surface area contributed by atoms with Crippen LogP contribution in [-0.2, 0) is 12.7 Å². The van der Waals surface area contributed by atoms with Crippen LogP contribution in [0.2, 0.25) is 0 Å². The third-order valence-corrected chi connectivity index (χ3v) is 5.81. The van der Waals surface area contributed by atoms with Crippen LogP contribution in [0.1, 0.15) is 32.9 Å². The van der Waals surface area contributed by atoms with E-state index in [0.717, 1.165) is 34.0 Å². The zero-order valence-corrected chi connectivity index (χ0v) is 18.1. The number of carbonyl (C=O) groups excluding carboxylic acids is 1. The molecule has 3 aromatic heterocycles. The molecule has 1 aromatic carbocycles. The van der Waals surface area contributed by atoms with E-state index in [1.165, 1.54) is 12.3 Å². The first kappa shape index (κ1) is 21.0. The molecule has 1 aliphatic rings. The molecule has 1 aliphatic heterocycles. The van der Waals surface area contributed by atoms with Gasteiger partial charge in [0.15, 0.2) is 5.82 Å². The van der Waals surface area contributed by atoms with Crippen LogP contribution >= 0.6 is 0 Å². The monoisotopic (exact) mass is 452 g/mol. The molecule has 4 heterocycles. The summed E-state index contributed by atoms with van der Waals surface area (Å²) in [6, 6.07) is 6.03. The van der Waals surface area contributed by atoms with Gasteiger partial charge < -0.3 is 4.90 Å². The van der Waals surface area contributed by atoms with Crippen molar-refractivity contribution in [3.63, 3.8) is 0 Å². The van der Waals surface area contributed by atoms with Gasteiger partial charge in [0, 0.05) is 23.4 Å². The Bertz CT molecular complexity index is 1430. The molecule has 33 heavy (non-hydrogen) atoms. The Kier molecular flexibility index (Phi) is 4.70. The summed E-state index contributed by atoms with van der Waals surface area (Å²) >= 11 is 0. The van der Waals surface area contributed by atoms with Crippen molar-refractivity contribution in [3.05, 3.63) is 64.7 Å². The number of aromatic nitrogens is 5. The summed E-state index contributed by atoms with van der Waals surface area (Å²) in [6.07, 6.45) is -1.53. The molecule has 4 aromatic rings. The number of nitrogens with zero attached hydrogens (tertiary/aromatic N) is 6. The first-order chi connectivity index (χ1) is 15.6. The van der Waals surface area contributed by atoms with Gasteiger partial charge in [-0.3, -0.25) is 9.48 Å². The average molecular weight is 452 g/mol. The van der Waals surface area contributed by atoms with E-state index >= 15 is 0 Å². The van der Waals surface area contributed by atoms with E-state index in [4.69, 9.17) is 0 Å². The zero-order valence-electron chi connectivity index (χ0n) is 18.1. The maximum Gasteiger partial charge on any atom is 0.433 e. The van der Waals surface area contributed by atoms with Crippen molar-refractivity contribution in [2.24, 2.45) is 0 Å². The third kappa shape index (κ3) is 3.51. The highest BCUT2D eigenvalue weighted by Crippen LogP contribution is 2.33. The molecular weight excluding hydrogens is 433 g/mol. The second-order valence-electron chi connectivity index (χ2n) is 8.10. The van der Waals surface area contributed by atoms with Crippen molar-refractivity contribution >= 4 is 22.6 Å². The fourth-order valence-corrected chi connectivity index (χ4v) is 4.12. The molecule has 0 unspecified atom stereocenters. The van der Waals surface area contributed by atoms with Gasteiger partial charge in [-0.25, -0.2) is 15.0 Å². The Hall–Kier alpha value is -3.82. The van der Waals surface area contributed by atoms with Gasteiger partial charge in [0.1, 0.15) is 16.9 Å². The standard InChI is InChI=1S/C23H19F3N6O/c1-12-9-18(31-6-7-32-20(22(31)33)14(3)10-28-32)13(2)8-15(12)21-27-11-17-16(30-21)4-5-19(29-17)23(24,25)26/h4-5,8-11H,6-7H2,1-3H3. The molecule has 0 fully saturated rings. The first-order valence-electron chi connectivity index (χ1n) is 10.3. The third-order valence-electron chi connectivity index (χ3n) is 5.81. The molecule has 10 heteroatoms. The molecule has 5 rings (SSSR count). The van der Waals surface area contributed by atoms with Crippen LogP contribution in [0.5, 0.6) is 0 Å². The van der Waals surface area contributed by atoms with Crippen LogP contribution in [0, 0.1) is 20.8 Å². The molecule has 0 radical (unpaired) electrons. The van der Waals surface area contributed by atoms with Gasteiger partial charge >= 0.3 is 6.18 Å². The highest BCUT2D eigenvalue weighted by molar-refractivity contribution is 6.07. The largest absolute Gasteiger partial charge is 0.433 e. The number of carbonyl (C=O) groups is 1. The fourth-order valence-electron chi connectivity index (χ4n) is 4.12. The van der Waals surface area contributed by atoms with Crippen LogP contribution in [0.4, 0.5) is 18.9 Å². The number of fused-ring (bicyclic) bond motifs is 2. The molecule has 0 bridgehead atoms. The summed E-state index contributed by atoms with van der Waals surface area (Å²) in [5, 5.41) is 4.26. The van der Waals surface area contributed by atoms with E-state index in [2.05, 4.69) is 20.1 Å². The molecule has 168 valence electrons. The zero-order chi connectivity index (χ0) is 23.5. The highest BCUT2D eigenvalue weighted by Gasteiger charge is 2.33. The minimum Gasteiger partial charge on any atom is -0.305 e. The second kappa shape index (κ2) is 7.36. The molecule has 0 atom stereocenters. The summed E-state index contributed by atoms with van der Waals surface area (Å²) < 4.78 is 40.5. The number of hydrogen-bond acceptors (Lipinski definition) is 5. The predicted octanol–water partition coefficient (Wildman–Crippen LogP) is 4.49. The van der Waals surface area contributed by atoms with E-state index in [1.807, 2.05) is 32.9 Å². The minimum atomic E-state index is -4.53. The van der Waals surface area contributed by atoms with Crippen molar-refractivity contribution in [1.29, 1.82) is 0 Å². The SMILES string of the molecule is Cc1cc(N2CCn3ncc(C)c3C2=O)c(C)cc1-c1ncc2nc(C(F)(F)F)ccc2n1. The molecule has 0 aliphatic carbocycles. The Labute approximate surface area is 186 Å². The molecular formula is C23H19F3N6O. The van der Waals surface area contributed by atoms with Crippen LogP contribution in [0.15, 0.2) is 36.7 Å². The lowest BCUT2D eigenvalue weighted by molar-refractivity contribution is -0.140. The molecule has 0 saturated carbocycles. The summed E-state index contributed by atoms with van der Waals surface area (Å²) in [5.41, 5.74) is 4.09. The maximum absolute atomic E-state index is 13.1. The summed E-state index contributed by atoms with van der Waals surface area (Å²) in [7, 11) is 0. The normalized spacial score (nSPS) is 14.1. The van der Waals surface area contributed by atoms with E-state index in [9.17, 15) is 18.0 Å². The Morgan fingerprint density at radius 3 is 2.45 bits per heavy atom. The van der Waals surface area contributed by atoms with Gasteiger partial charge in [0.05, 0.1) is 24.5 Å². The molecule has 0 N–H and O–H groups in total. The first-order valence-corrected chi connectivity index (χ1v) is 10.3. The number of hydrogen-bond donors (Lipinski definition) is 0. The number of amides is 1. The number of anilines is 1. The van der Waals surface area contributed by atoms with Crippen LogP contribution in [0.25, 0.3) is 22.4 Å². The van der Waals surface area contributed by atoms with Crippen molar-refractivity contribution in [3.8, 4) is 11.4 Å². The Morgan fingerprint density at radius 1 is 0.909 bits per heavy atom. The lowest BCUT2D eigenvalue weighted by atomic mass is 10.0. The topological polar surface area (TPSA) is 76.8 Å². The number of halogens is 3. The number of pyridine rings is 1. The number of benzene rings is 1. The van der Waals surface area contributed by atoms with E-state index < -0.39 is 11.9 Å². The predicted molar refractivity (Wildman–Crippen MR) is 116 cm³/mol. The molecule has 7 nitrogen and oxygen atoms in total. The van der Waals surface area contributed by atoms with Gasteiger partial charge in [-0.15, -0.1) is 0 Å². The fraction of sp³-hybridized carbons (Fsp3) is 0.261. The van der Waals surface area contributed by atoms with Crippen LogP contribution in [-0.4, -0.2) is 37.2 Å². The highest BCUT2D eigenvalue weighted by atomic mass is 19.4. The summed E-state index contributed by atoms with van der Waals surface area (Å²) in [6.45, 7) is 6.77.